The predicted molar refractivity (Wildman–Crippen MR) is 67.7 cm³/mol. The molecule has 1 unspecified atom stereocenters. The second-order valence-corrected chi connectivity index (χ2v) is 5.03. The van der Waals surface area contributed by atoms with Gasteiger partial charge in [-0.15, -0.1) is 0 Å². The van der Waals surface area contributed by atoms with Gasteiger partial charge in [0, 0.05) is 12.6 Å². The summed E-state index contributed by atoms with van der Waals surface area (Å²) >= 11 is 0. The minimum Gasteiger partial charge on any atom is -0.382 e. The number of fused-ring (bicyclic) bond motifs is 1. The van der Waals surface area contributed by atoms with Crippen LogP contribution in [0, 0.1) is 5.82 Å². The van der Waals surface area contributed by atoms with Gasteiger partial charge in [0.15, 0.2) is 0 Å². The molecule has 0 aromatic heterocycles. The molecule has 2 heterocycles. The second kappa shape index (κ2) is 4.65. The molecule has 3 rings (SSSR count). The van der Waals surface area contributed by atoms with E-state index in [-0.39, 0.29) is 5.82 Å². The number of likely N-dealkylation sites (tertiary alicyclic amines) is 1. The Morgan fingerprint density at radius 2 is 2.00 bits per heavy atom. The average Bonchev–Trinajstić information content (AvgIpc) is 2.40. The lowest BCUT2D eigenvalue weighted by molar-refractivity contribution is 0.156. The van der Waals surface area contributed by atoms with Gasteiger partial charge in [0.25, 0.3) is 0 Å². The Kier molecular flexibility index (Phi) is 3.02. The molecule has 0 aliphatic carbocycles. The number of halogens is 1. The van der Waals surface area contributed by atoms with Crippen LogP contribution in [0.2, 0.25) is 0 Å². The van der Waals surface area contributed by atoms with Crippen molar-refractivity contribution in [3.05, 3.63) is 29.6 Å². The van der Waals surface area contributed by atoms with Crippen molar-refractivity contribution < 1.29 is 4.39 Å². The number of hydrogen-bond donors (Lipinski definition) is 1. The van der Waals surface area contributed by atoms with Gasteiger partial charge >= 0.3 is 0 Å². The summed E-state index contributed by atoms with van der Waals surface area (Å²) in [4.78, 5) is 2.53. The first-order valence-corrected chi connectivity index (χ1v) is 6.62. The zero-order valence-corrected chi connectivity index (χ0v) is 10.1. The molecular formula is C14H19FN2. The van der Waals surface area contributed by atoms with E-state index in [4.69, 9.17) is 0 Å². The van der Waals surface area contributed by atoms with Gasteiger partial charge in [-0.1, -0.05) is 18.6 Å². The quantitative estimate of drug-likeness (QED) is 0.803. The summed E-state index contributed by atoms with van der Waals surface area (Å²) in [5, 5.41) is 3.20. The third-order valence-corrected chi connectivity index (χ3v) is 3.96. The van der Waals surface area contributed by atoms with Crippen LogP contribution < -0.4 is 5.32 Å². The molecule has 2 aliphatic rings. The fourth-order valence-corrected chi connectivity index (χ4v) is 3.10. The lowest BCUT2D eigenvalue weighted by Gasteiger charge is -2.38. The molecule has 3 heteroatoms. The Balaban J connectivity index is 1.90. The lowest BCUT2D eigenvalue weighted by Crippen LogP contribution is -2.37. The highest BCUT2D eigenvalue weighted by molar-refractivity contribution is 5.55. The van der Waals surface area contributed by atoms with Gasteiger partial charge < -0.3 is 5.32 Å². The van der Waals surface area contributed by atoms with Gasteiger partial charge in [0.1, 0.15) is 5.82 Å². The molecule has 0 bridgehead atoms. The van der Waals surface area contributed by atoms with Gasteiger partial charge in [-0.05, 0) is 44.0 Å². The van der Waals surface area contributed by atoms with Crippen LogP contribution in [0.25, 0.3) is 0 Å². The standard InChI is InChI=1S/C14H19FN2/c15-12-6-4-5-11-13(7-8-16-14(11)12)17-9-2-1-3-10-17/h4-6,13,16H,1-3,7-10H2. The maximum absolute atomic E-state index is 13.7. The number of nitrogens with zero attached hydrogens (tertiary/aromatic N) is 1. The van der Waals surface area contributed by atoms with E-state index in [1.165, 1.54) is 32.4 Å². The largest absolute Gasteiger partial charge is 0.382 e. The Bertz CT molecular complexity index is 399. The molecule has 92 valence electrons. The van der Waals surface area contributed by atoms with E-state index in [1.54, 1.807) is 6.07 Å². The molecule has 1 aromatic rings. The molecule has 1 atom stereocenters. The summed E-state index contributed by atoms with van der Waals surface area (Å²) in [6, 6.07) is 5.87. The van der Waals surface area contributed by atoms with Crippen LogP contribution >= 0.6 is 0 Å². The van der Waals surface area contributed by atoms with E-state index >= 15 is 0 Å². The monoisotopic (exact) mass is 234 g/mol. The maximum atomic E-state index is 13.7. The van der Waals surface area contributed by atoms with Gasteiger partial charge in [0.05, 0.1) is 5.69 Å². The summed E-state index contributed by atoms with van der Waals surface area (Å²) in [6.45, 7) is 3.22. The van der Waals surface area contributed by atoms with Crippen molar-refractivity contribution in [3.8, 4) is 0 Å². The van der Waals surface area contributed by atoms with Gasteiger partial charge in [-0.2, -0.15) is 0 Å². The topological polar surface area (TPSA) is 15.3 Å². The number of hydrogen-bond acceptors (Lipinski definition) is 2. The normalized spacial score (nSPS) is 25.1. The number of para-hydroxylation sites is 1. The van der Waals surface area contributed by atoms with Crippen molar-refractivity contribution in [2.24, 2.45) is 0 Å². The third kappa shape index (κ3) is 2.04. The van der Waals surface area contributed by atoms with Crippen LogP contribution in [-0.4, -0.2) is 24.5 Å². The van der Waals surface area contributed by atoms with Crippen LogP contribution in [0.4, 0.5) is 10.1 Å². The highest BCUT2D eigenvalue weighted by Gasteiger charge is 2.27. The number of anilines is 1. The fraction of sp³-hybridized carbons (Fsp3) is 0.571. The number of benzene rings is 1. The highest BCUT2D eigenvalue weighted by atomic mass is 19.1. The molecule has 2 aliphatic heterocycles. The van der Waals surface area contributed by atoms with Crippen molar-refractivity contribution in [1.82, 2.24) is 4.90 Å². The molecule has 1 saturated heterocycles. The first-order valence-electron chi connectivity index (χ1n) is 6.62. The molecule has 0 spiro atoms. The van der Waals surface area contributed by atoms with Crippen LogP contribution in [0.1, 0.15) is 37.3 Å². The average molecular weight is 234 g/mol. The Morgan fingerprint density at radius 1 is 1.18 bits per heavy atom. The number of piperidine rings is 1. The number of nitrogens with one attached hydrogen (secondary N) is 1. The van der Waals surface area contributed by atoms with Crippen molar-refractivity contribution >= 4 is 5.69 Å². The Morgan fingerprint density at radius 3 is 2.82 bits per heavy atom. The van der Waals surface area contributed by atoms with Gasteiger partial charge in [-0.25, -0.2) is 4.39 Å². The molecule has 1 aromatic carbocycles. The third-order valence-electron chi connectivity index (χ3n) is 3.96. The summed E-state index contributed by atoms with van der Waals surface area (Å²) in [5.74, 6) is -0.107. The van der Waals surface area contributed by atoms with Crippen molar-refractivity contribution in [2.45, 2.75) is 31.7 Å². The highest BCUT2D eigenvalue weighted by Crippen LogP contribution is 2.36. The molecule has 0 radical (unpaired) electrons. The predicted octanol–water partition coefficient (Wildman–Crippen LogP) is 3.17. The number of rotatable bonds is 1. The molecule has 1 N–H and O–H groups in total. The summed E-state index contributed by atoms with van der Waals surface area (Å²) in [7, 11) is 0. The zero-order valence-electron chi connectivity index (χ0n) is 10.1. The maximum Gasteiger partial charge on any atom is 0.146 e. The van der Waals surface area contributed by atoms with E-state index in [9.17, 15) is 4.39 Å². The second-order valence-electron chi connectivity index (χ2n) is 5.03. The van der Waals surface area contributed by atoms with E-state index in [1.807, 2.05) is 6.07 Å². The summed E-state index contributed by atoms with van der Waals surface area (Å²) in [5.41, 5.74) is 1.88. The summed E-state index contributed by atoms with van der Waals surface area (Å²) in [6.07, 6.45) is 5.01. The molecule has 2 nitrogen and oxygen atoms in total. The lowest BCUT2D eigenvalue weighted by atomic mass is 9.94. The van der Waals surface area contributed by atoms with Crippen molar-refractivity contribution in [2.75, 3.05) is 25.0 Å². The van der Waals surface area contributed by atoms with E-state index < -0.39 is 0 Å². The fourth-order valence-electron chi connectivity index (χ4n) is 3.10. The summed E-state index contributed by atoms with van der Waals surface area (Å²) < 4.78 is 13.7. The molecule has 0 saturated carbocycles. The first-order chi connectivity index (χ1) is 8.36. The van der Waals surface area contributed by atoms with Gasteiger partial charge in [0.2, 0.25) is 0 Å². The van der Waals surface area contributed by atoms with Crippen LogP contribution in [0.5, 0.6) is 0 Å². The van der Waals surface area contributed by atoms with E-state index in [0.29, 0.717) is 6.04 Å². The van der Waals surface area contributed by atoms with Crippen LogP contribution in [-0.2, 0) is 0 Å². The van der Waals surface area contributed by atoms with E-state index in [2.05, 4.69) is 16.3 Å². The Hall–Kier alpha value is -1.09. The molecule has 0 amide bonds. The minimum atomic E-state index is -0.107. The van der Waals surface area contributed by atoms with Crippen LogP contribution in [0.3, 0.4) is 0 Å². The van der Waals surface area contributed by atoms with Crippen molar-refractivity contribution in [1.29, 1.82) is 0 Å². The molecule has 17 heavy (non-hydrogen) atoms. The zero-order chi connectivity index (χ0) is 11.7. The SMILES string of the molecule is Fc1cccc2c1NCCC2N1CCCCC1. The molecule has 1 fully saturated rings. The van der Waals surface area contributed by atoms with Crippen molar-refractivity contribution in [3.63, 3.8) is 0 Å². The van der Waals surface area contributed by atoms with Crippen LogP contribution in [0.15, 0.2) is 18.2 Å². The minimum absolute atomic E-state index is 0.107. The Labute approximate surface area is 102 Å². The first kappa shape index (κ1) is 11.0. The van der Waals surface area contributed by atoms with E-state index in [0.717, 1.165) is 24.2 Å². The smallest absolute Gasteiger partial charge is 0.146 e. The van der Waals surface area contributed by atoms with Gasteiger partial charge in [-0.3, -0.25) is 4.90 Å². The molecular weight excluding hydrogens is 215 g/mol.